The Balaban J connectivity index is 1.08. The zero-order valence-corrected chi connectivity index (χ0v) is 17.8. The van der Waals surface area contributed by atoms with Gasteiger partial charge in [0, 0.05) is 48.8 Å². The van der Waals surface area contributed by atoms with E-state index in [0.717, 1.165) is 10.9 Å². The number of imide groups is 1. The summed E-state index contributed by atoms with van der Waals surface area (Å²) < 4.78 is 10.5. The first-order valence-corrected chi connectivity index (χ1v) is 10.6. The average molecular weight is 449 g/mol. The van der Waals surface area contributed by atoms with Gasteiger partial charge in [-0.05, 0) is 24.3 Å². The van der Waals surface area contributed by atoms with E-state index in [2.05, 4.69) is 15.6 Å². The van der Waals surface area contributed by atoms with E-state index >= 15 is 0 Å². The van der Waals surface area contributed by atoms with Crippen LogP contribution in [0, 0.1) is 0 Å². The van der Waals surface area contributed by atoms with Gasteiger partial charge < -0.3 is 24.7 Å². The third kappa shape index (κ3) is 4.60. The average Bonchev–Trinajstić information content (AvgIpc) is 3.45. The highest BCUT2D eigenvalue weighted by Gasteiger charge is 2.25. The molecule has 2 aliphatic heterocycles. The Bertz CT molecular complexity index is 1180. The van der Waals surface area contributed by atoms with E-state index in [1.54, 1.807) is 23.1 Å². The van der Waals surface area contributed by atoms with Crippen LogP contribution >= 0.6 is 0 Å². The molecule has 2 aliphatic rings. The van der Waals surface area contributed by atoms with Crippen molar-refractivity contribution in [1.82, 2.24) is 20.1 Å². The number of anilines is 1. The Hall–Kier alpha value is -4.05. The summed E-state index contributed by atoms with van der Waals surface area (Å²) in [4.78, 5) is 44.1. The molecule has 170 valence electrons. The lowest BCUT2D eigenvalue weighted by Gasteiger charge is -2.34. The number of carbonyl (C=O) groups excluding carboxylic acids is 3. The second-order valence-electron chi connectivity index (χ2n) is 7.91. The first kappa shape index (κ1) is 20.8. The zero-order chi connectivity index (χ0) is 22.8. The minimum absolute atomic E-state index is 0.0570. The molecule has 1 fully saturated rings. The lowest BCUT2D eigenvalue weighted by Crippen LogP contribution is -2.51. The number of ether oxygens (including phenoxy) is 2. The fourth-order valence-corrected chi connectivity index (χ4v) is 3.97. The summed E-state index contributed by atoms with van der Waals surface area (Å²) in [6.07, 6.45) is 0. The Labute approximate surface area is 189 Å². The topological polar surface area (TPSA) is 116 Å². The number of carbonyl (C=O) groups is 3. The molecule has 1 aromatic heterocycles. The van der Waals surface area contributed by atoms with Crippen LogP contribution in [0.3, 0.4) is 0 Å². The van der Waals surface area contributed by atoms with Crippen molar-refractivity contribution in [1.29, 1.82) is 0 Å². The first-order valence-electron chi connectivity index (χ1n) is 10.6. The number of H-pyrrole nitrogens is 1. The van der Waals surface area contributed by atoms with Crippen LogP contribution in [0.2, 0.25) is 0 Å². The van der Waals surface area contributed by atoms with Crippen LogP contribution in [0.1, 0.15) is 10.5 Å². The largest absolute Gasteiger partial charge is 0.454 e. The van der Waals surface area contributed by atoms with Gasteiger partial charge in [0.2, 0.25) is 12.7 Å². The van der Waals surface area contributed by atoms with E-state index in [-0.39, 0.29) is 19.2 Å². The number of fused-ring (bicyclic) bond motifs is 2. The lowest BCUT2D eigenvalue weighted by atomic mass is 10.2. The number of hydrogen-bond donors (Lipinski definition) is 3. The Morgan fingerprint density at radius 2 is 1.73 bits per heavy atom. The van der Waals surface area contributed by atoms with Crippen molar-refractivity contribution in [3.8, 4) is 11.5 Å². The molecular weight excluding hydrogens is 426 g/mol. The molecule has 0 radical (unpaired) electrons. The van der Waals surface area contributed by atoms with E-state index in [4.69, 9.17) is 9.47 Å². The fraction of sp³-hybridized carbons (Fsp3) is 0.261. The Kier molecular flexibility index (Phi) is 5.57. The van der Waals surface area contributed by atoms with Gasteiger partial charge in [0.15, 0.2) is 11.5 Å². The van der Waals surface area contributed by atoms with Crippen LogP contribution in [0.5, 0.6) is 11.5 Å². The third-order valence-electron chi connectivity index (χ3n) is 5.67. The number of nitrogens with zero attached hydrogens (tertiary/aromatic N) is 2. The second kappa shape index (κ2) is 8.83. The SMILES string of the molecule is O=C(CN1CCN(C(=O)c2cc3ccccc3[nH]2)CC1)NC(=O)Nc1ccc2c(c1)OCO2. The van der Waals surface area contributed by atoms with Crippen LogP contribution in [0.4, 0.5) is 10.5 Å². The van der Waals surface area contributed by atoms with E-state index in [9.17, 15) is 14.4 Å². The van der Waals surface area contributed by atoms with Gasteiger partial charge in [-0.15, -0.1) is 0 Å². The number of hydrogen-bond acceptors (Lipinski definition) is 6. The number of piperazine rings is 1. The van der Waals surface area contributed by atoms with Crippen molar-refractivity contribution in [2.75, 3.05) is 44.8 Å². The minimum atomic E-state index is -0.619. The second-order valence-corrected chi connectivity index (χ2v) is 7.91. The van der Waals surface area contributed by atoms with Gasteiger partial charge in [-0.25, -0.2) is 4.79 Å². The first-order chi connectivity index (χ1) is 16.0. The monoisotopic (exact) mass is 449 g/mol. The van der Waals surface area contributed by atoms with Gasteiger partial charge in [-0.2, -0.15) is 0 Å². The molecule has 2 aromatic carbocycles. The number of aromatic nitrogens is 1. The number of urea groups is 1. The zero-order valence-electron chi connectivity index (χ0n) is 17.8. The lowest BCUT2D eigenvalue weighted by molar-refractivity contribution is -0.121. The molecule has 10 nitrogen and oxygen atoms in total. The summed E-state index contributed by atoms with van der Waals surface area (Å²) in [6.45, 7) is 2.31. The summed E-state index contributed by atoms with van der Waals surface area (Å²) in [5, 5.41) is 5.94. The molecule has 0 saturated carbocycles. The van der Waals surface area contributed by atoms with E-state index in [1.807, 2.05) is 35.2 Å². The summed E-state index contributed by atoms with van der Waals surface area (Å²) in [7, 11) is 0. The molecule has 1 saturated heterocycles. The van der Waals surface area contributed by atoms with Gasteiger partial charge >= 0.3 is 6.03 Å². The van der Waals surface area contributed by atoms with Crippen molar-refractivity contribution < 1.29 is 23.9 Å². The molecule has 5 rings (SSSR count). The van der Waals surface area contributed by atoms with Crippen LogP contribution in [0.25, 0.3) is 10.9 Å². The van der Waals surface area contributed by atoms with Crippen molar-refractivity contribution in [2.45, 2.75) is 0 Å². The number of benzene rings is 2. The predicted molar refractivity (Wildman–Crippen MR) is 120 cm³/mol. The molecule has 0 atom stereocenters. The predicted octanol–water partition coefficient (Wildman–Crippen LogP) is 2.00. The van der Waals surface area contributed by atoms with Gasteiger partial charge in [0.05, 0.1) is 6.54 Å². The van der Waals surface area contributed by atoms with E-state index in [0.29, 0.717) is 49.1 Å². The van der Waals surface area contributed by atoms with Gasteiger partial charge in [-0.3, -0.25) is 19.8 Å². The maximum atomic E-state index is 12.8. The molecule has 0 spiro atoms. The van der Waals surface area contributed by atoms with Crippen molar-refractivity contribution >= 4 is 34.4 Å². The number of nitrogens with one attached hydrogen (secondary N) is 3. The van der Waals surface area contributed by atoms with Crippen LogP contribution in [-0.2, 0) is 4.79 Å². The van der Waals surface area contributed by atoms with E-state index < -0.39 is 11.9 Å². The summed E-state index contributed by atoms with van der Waals surface area (Å²) >= 11 is 0. The quantitative estimate of drug-likeness (QED) is 0.561. The molecule has 4 amide bonds. The molecule has 10 heteroatoms. The van der Waals surface area contributed by atoms with Gasteiger partial charge in [0.1, 0.15) is 5.69 Å². The summed E-state index contributed by atoms with van der Waals surface area (Å²) in [6, 6.07) is 14.0. The number of amides is 4. The van der Waals surface area contributed by atoms with Crippen LogP contribution < -0.4 is 20.1 Å². The summed E-state index contributed by atoms with van der Waals surface area (Å²) in [5.74, 6) is 0.681. The normalized spacial score (nSPS) is 15.5. The molecule has 3 aromatic rings. The van der Waals surface area contributed by atoms with Crippen molar-refractivity contribution in [3.63, 3.8) is 0 Å². The summed E-state index contributed by atoms with van der Waals surface area (Å²) in [5.41, 5.74) is 1.98. The fourth-order valence-electron chi connectivity index (χ4n) is 3.97. The number of aromatic amines is 1. The smallest absolute Gasteiger partial charge is 0.325 e. The number of rotatable bonds is 4. The Morgan fingerprint density at radius 1 is 0.939 bits per heavy atom. The van der Waals surface area contributed by atoms with Gasteiger partial charge in [0.25, 0.3) is 5.91 Å². The van der Waals surface area contributed by atoms with Crippen molar-refractivity contribution in [2.24, 2.45) is 0 Å². The molecule has 3 N–H and O–H groups in total. The van der Waals surface area contributed by atoms with Crippen molar-refractivity contribution in [3.05, 3.63) is 54.2 Å². The number of para-hydroxylation sites is 1. The molecular formula is C23H23N5O5. The molecule has 0 aliphatic carbocycles. The Morgan fingerprint density at radius 3 is 2.55 bits per heavy atom. The highest BCUT2D eigenvalue weighted by Crippen LogP contribution is 2.34. The minimum Gasteiger partial charge on any atom is -0.454 e. The molecule has 33 heavy (non-hydrogen) atoms. The molecule has 3 heterocycles. The molecule has 0 unspecified atom stereocenters. The van der Waals surface area contributed by atoms with Crippen LogP contribution in [0.15, 0.2) is 48.5 Å². The van der Waals surface area contributed by atoms with Crippen LogP contribution in [-0.4, -0.2) is 72.1 Å². The van der Waals surface area contributed by atoms with Gasteiger partial charge in [-0.1, -0.05) is 18.2 Å². The highest BCUT2D eigenvalue weighted by molar-refractivity contribution is 6.02. The maximum Gasteiger partial charge on any atom is 0.325 e. The maximum absolute atomic E-state index is 12.8. The highest BCUT2D eigenvalue weighted by atomic mass is 16.7. The standard InChI is InChI=1S/C23H23N5O5/c29-21(26-23(31)24-16-5-6-19-20(12-16)33-14-32-19)13-27-7-9-28(10-8-27)22(30)18-11-15-3-1-2-4-17(15)25-18/h1-6,11-12,25H,7-10,13-14H2,(H2,24,26,29,31). The third-order valence-corrected chi connectivity index (χ3v) is 5.67. The molecule has 0 bridgehead atoms. The van der Waals surface area contributed by atoms with E-state index in [1.165, 1.54) is 0 Å².